The molecule has 1 aliphatic carbocycles. The molecule has 0 spiro atoms. The molecule has 0 aromatic carbocycles. The van der Waals surface area contributed by atoms with E-state index in [4.69, 9.17) is 0 Å². The Kier molecular flexibility index (Phi) is 6.27. The third kappa shape index (κ3) is 6.39. The lowest BCUT2D eigenvalue weighted by atomic mass is 9.71. The third-order valence-electron chi connectivity index (χ3n) is 4.13. The van der Waals surface area contributed by atoms with E-state index in [1.165, 1.54) is 0 Å². The van der Waals surface area contributed by atoms with Crippen molar-refractivity contribution in [1.29, 1.82) is 0 Å². The van der Waals surface area contributed by atoms with Gasteiger partial charge in [-0.05, 0) is 37.5 Å². The van der Waals surface area contributed by atoms with Crippen molar-refractivity contribution in [2.45, 2.75) is 64.9 Å². The smallest absolute Gasteiger partial charge is 0.233 e. The van der Waals surface area contributed by atoms with Crippen LogP contribution in [0.25, 0.3) is 0 Å². The van der Waals surface area contributed by atoms with E-state index in [1.807, 2.05) is 0 Å². The molecule has 0 atom stereocenters. The summed E-state index contributed by atoms with van der Waals surface area (Å²) in [7, 11) is 0. The second kappa shape index (κ2) is 7.25. The van der Waals surface area contributed by atoms with Crippen LogP contribution in [0.4, 0.5) is 0 Å². The van der Waals surface area contributed by atoms with Gasteiger partial charge in [0.05, 0.1) is 12.1 Å². The molecule has 3 N–H and O–H groups in total. The zero-order valence-corrected chi connectivity index (χ0v) is 12.7. The van der Waals surface area contributed by atoms with Gasteiger partial charge < -0.3 is 15.7 Å². The molecule has 0 heterocycles. The summed E-state index contributed by atoms with van der Waals surface area (Å²) >= 11 is 0. The Hall–Kier alpha value is -0.610. The van der Waals surface area contributed by atoms with Crippen LogP contribution in [0.3, 0.4) is 0 Å². The van der Waals surface area contributed by atoms with E-state index in [0.717, 1.165) is 45.1 Å². The maximum atomic E-state index is 11.5. The first-order valence-electron chi connectivity index (χ1n) is 7.57. The van der Waals surface area contributed by atoms with E-state index in [-0.39, 0.29) is 5.91 Å². The highest BCUT2D eigenvalue weighted by molar-refractivity contribution is 5.77. The maximum Gasteiger partial charge on any atom is 0.233 e. The zero-order chi connectivity index (χ0) is 14.4. The van der Waals surface area contributed by atoms with Gasteiger partial charge in [-0.3, -0.25) is 4.79 Å². The van der Waals surface area contributed by atoms with Crippen molar-refractivity contribution < 1.29 is 9.90 Å². The van der Waals surface area contributed by atoms with Crippen LogP contribution in [0.5, 0.6) is 0 Å². The summed E-state index contributed by atoms with van der Waals surface area (Å²) in [5, 5.41) is 16.4. The fraction of sp³-hybridized carbons (Fsp3) is 0.933. The second-order valence-electron chi connectivity index (χ2n) is 6.70. The Balaban J connectivity index is 2.16. The molecular formula is C15H30N2O2. The SMILES string of the molecule is CCCCNC(=O)CNCC1(O)CCC(C)(C)CC1. The average molecular weight is 270 g/mol. The highest BCUT2D eigenvalue weighted by Crippen LogP contribution is 2.39. The molecule has 4 nitrogen and oxygen atoms in total. The number of nitrogens with one attached hydrogen (secondary N) is 2. The van der Waals surface area contributed by atoms with Crippen molar-refractivity contribution in [1.82, 2.24) is 10.6 Å². The van der Waals surface area contributed by atoms with Crippen molar-refractivity contribution in [3.8, 4) is 0 Å². The van der Waals surface area contributed by atoms with E-state index in [9.17, 15) is 9.90 Å². The van der Waals surface area contributed by atoms with Gasteiger partial charge in [0.15, 0.2) is 0 Å². The normalized spacial score (nSPS) is 21.1. The maximum absolute atomic E-state index is 11.5. The highest BCUT2D eigenvalue weighted by Gasteiger charge is 2.36. The summed E-state index contributed by atoms with van der Waals surface area (Å²) in [6, 6.07) is 0. The van der Waals surface area contributed by atoms with Crippen LogP contribution >= 0.6 is 0 Å². The lowest BCUT2D eigenvalue weighted by Gasteiger charge is -2.40. The molecule has 1 fully saturated rings. The minimum atomic E-state index is -0.626. The van der Waals surface area contributed by atoms with Crippen LogP contribution in [0, 0.1) is 5.41 Å². The van der Waals surface area contributed by atoms with Crippen LogP contribution < -0.4 is 10.6 Å². The predicted octanol–water partition coefficient (Wildman–Crippen LogP) is 1.82. The first kappa shape index (κ1) is 16.4. The molecule has 1 saturated carbocycles. The van der Waals surface area contributed by atoms with Gasteiger partial charge in [0.1, 0.15) is 0 Å². The molecule has 19 heavy (non-hydrogen) atoms. The van der Waals surface area contributed by atoms with Crippen molar-refractivity contribution in [3.05, 3.63) is 0 Å². The van der Waals surface area contributed by atoms with Crippen LogP contribution in [0.2, 0.25) is 0 Å². The Morgan fingerprint density at radius 3 is 2.42 bits per heavy atom. The van der Waals surface area contributed by atoms with E-state index >= 15 is 0 Å². The first-order chi connectivity index (χ1) is 8.87. The van der Waals surface area contributed by atoms with Gasteiger partial charge in [-0.25, -0.2) is 0 Å². The number of amides is 1. The van der Waals surface area contributed by atoms with Crippen molar-refractivity contribution >= 4 is 5.91 Å². The number of carbonyl (C=O) groups excluding carboxylic acids is 1. The predicted molar refractivity (Wildman–Crippen MR) is 78.0 cm³/mol. The Labute approximate surface area is 117 Å². The van der Waals surface area contributed by atoms with Crippen molar-refractivity contribution in [3.63, 3.8) is 0 Å². The molecule has 1 amide bonds. The van der Waals surface area contributed by atoms with E-state index in [1.54, 1.807) is 0 Å². The van der Waals surface area contributed by atoms with E-state index in [2.05, 4.69) is 31.4 Å². The van der Waals surface area contributed by atoms with Crippen LogP contribution in [0.1, 0.15) is 59.3 Å². The summed E-state index contributed by atoms with van der Waals surface area (Å²) in [5.41, 5.74) is -0.275. The van der Waals surface area contributed by atoms with E-state index in [0.29, 0.717) is 18.5 Å². The van der Waals surface area contributed by atoms with Gasteiger partial charge >= 0.3 is 0 Å². The van der Waals surface area contributed by atoms with Crippen molar-refractivity contribution in [2.75, 3.05) is 19.6 Å². The number of aliphatic hydroxyl groups is 1. The Morgan fingerprint density at radius 2 is 1.84 bits per heavy atom. The van der Waals surface area contributed by atoms with Crippen LogP contribution in [-0.4, -0.2) is 36.2 Å². The molecule has 0 unspecified atom stereocenters. The van der Waals surface area contributed by atoms with Gasteiger partial charge in [-0.2, -0.15) is 0 Å². The molecular weight excluding hydrogens is 240 g/mol. The third-order valence-corrected chi connectivity index (χ3v) is 4.13. The standard InChI is InChI=1S/C15H30N2O2/c1-4-5-10-17-13(18)11-16-12-15(19)8-6-14(2,3)7-9-15/h16,19H,4-12H2,1-3H3,(H,17,18). The number of rotatable bonds is 7. The topological polar surface area (TPSA) is 61.4 Å². The van der Waals surface area contributed by atoms with Crippen molar-refractivity contribution in [2.24, 2.45) is 5.41 Å². The number of unbranched alkanes of at least 4 members (excludes halogenated alkanes) is 1. The minimum absolute atomic E-state index is 0.0215. The summed E-state index contributed by atoms with van der Waals surface area (Å²) in [6.07, 6.45) is 5.85. The number of hydrogen-bond donors (Lipinski definition) is 3. The summed E-state index contributed by atoms with van der Waals surface area (Å²) in [5.74, 6) is 0.0215. The quantitative estimate of drug-likeness (QED) is 0.618. The summed E-state index contributed by atoms with van der Waals surface area (Å²) in [6.45, 7) is 8.17. The second-order valence-corrected chi connectivity index (χ2v) is 6.70. The molecule has 0 saturated heterocycles. The molecule has 0 aromatic rings. The summed E-state index contributed by atoms with van der Waals surface area (Å²) in [4.78, 5) is 11.5. The first-order valence-corrected chi connectivity index (χ1v) is 7.57. The van der Waals surface area contributed by atoms with Gasteiger partial charge in [0.25, 0.3) is 0 Å². The number of carbonyl (C=O) groups is 1. The fourth-order valence-electron chi connectivity index (χ4n) is 2.44. The largest absolute Gasteiger partial charge is 0.389 e. The molecule has 112 valence electrons. The molecule has 1 aliphatic rings. The van der Waals surface area contributed by atoms with Crippen LogP contribution in [0.15, 0.2) is 0 Å². The molecule has 0 aliphatic heterocycles. The molecule has 4 heteroatoms. The van der Waals surface area contributed by atoms with Gasteiger partial charge in [0.2, 0.25) is 5.91 Å². The lowest BCUT2D eigenvalue weighted by molar-refractivity contribution is -0.120. The van der Waals surface area contributed by atoms with Gasteiger partial charge in [0, 0.05) is 13.1 Å². The molecule has 0 bridgehead atoms. The lowest BCUT2D eigenvalue weighted by Crippen LogP contribution is -2.47. The Morgan fingerprint density at radius 1 is 1.21 bits per heavy atom. The Bertz CT molecular complexity index is 280. The van der Waals surface area contributed by atoms with Crippen LogP contribution in [-0.2, 0) is 4.79 Å². The van der Waals surface area contributed by atoms with Gasteiger partial charge in [-0.15, -0.1) is 0 Å². The zero-order valence-electron chi connectivity index (χ0n) is 12.7. The summed E-state index contributed by atoms with van der Waals surface area (Å²) < 4.78 is 0. The average Bonchev–Trinajstić information content (AvgIpc) is 2.34. The monoisotopic (exact) mass is 270 g/mol. The van der Waals surface area contributed by atoms with E-state index < -0.39 is 5.60 Å². The minimum Gasteiger partial charge on any atom is -0.389 e. The number of hydrogen-bond acceptors (Lipinski definition) is 3. The molecule has 1 rings (SSSR count). The van der Waals surface area contributed by atoms with Gasteiger partial charge in [-0.1, -0.05) is 27.2 Å². The molecule has 0 radical (unpaired) electrons. The highest BCUT2D eigenvalue weighted by atomic mass is 16.3. The molecule has 0 aromatic heterocycles. The fourth-order valence-corrected chi connectivity index (χ4v) is 2.44.